The first-order valence-corrected chi connectivity index (χ1v) is 5.86. The quantitative estimate of drug-likeness (QED) is 0.849. The van der Waals surface area contributed by atoms with Gasteiger partial charge in [0.25, 0.3) is 0 Å². The standard InChI is InChI=1S/C13H10BrN3/c1-17(13-12(14)6-3-7-16-13)11-5-2-4-10(8-11)9-15/h2-8H,1H3. The maximum Gasteiger partial charge on any atom is 0.147 e. The van der Waals surface area contributed by atoms with Gasteiger partial charge in [0, 0.05) is 18.9 Å². The summed E-state index contributed by atoms with van der Waals surface area (Å²) in [6, 6.07) is 13.4. The van der Waals surface area contributed by atoms with Gasteiger partial charge in [-0.2, -0.15) is 5.26 Å². The number of hydrogen-bond donors (Lipinski definition) is 0. The minimum absolute atomic E-state index is 0.640. The third kappa shape index (κ3) is 2.45. The van der Waals surface area contributed by atoms with Crippen molar-refractivity contribution < 1.29 is 0 Å². The number of anilines is 2. The third-order valence-corrected chi connectivity index (χ3v) is 3.04. The monoisotopic (exact) mass is 287 g/mol. The smallest absolute Gasteiger partial charge is 0.147 e. The first-order valence-electron chi connectivity index (χ1n) is 5.07. The van der Waals surface area contributed by atoms with Crippen LogP contribution in [0.2, 0.25) is 0 Å². The molecule has 0 fully saturated rings. The van der Waals surface area contributed by atoms with E-state index in [2.05, 4.69) is 27.0 Å². The van der Waals surface area contributed by atoms with Crippen LogP contribution in [0.1, 0.15) is 5.56 Å². The highest BCUT2D eigenvalue weighted by atomic mass is 79.9. The van der Waals surface area contributed by atoms with Crippen molar-refractivity contribution in [1.29, 1.82) is 5.26 Å². The van der Waals surface area contributed by atoms with Crippen molar-refractivity contribution >= 4 is 27.4 Å². The van der Waals surface area contributed by atoms with Crippen molar-refractivity contribution in [1.82, 2.24) is 4.98 Å². The van der Waals surface area contributed by atoms with Crippen LogP contribution in [0.3, 0.4) is 0 Å². The van der Waals surface area contributed by atoms with E-state index in [9.17, 15) is 0 Å². The zero-order valence-corrected chi connectivity index (χ0v) is 10.8. The summed E-state index contributed by atoms with van der Waals surface area (Å²) in [5, 5.41) is 8.88. The lowest BCUT2D eigenvalue weighted by molar-refractivity contribution is 1.12. The second-order valence-electron chi connectivity index (χ2n) is 3.53. The number of pyridine rings is 1. The molecule has 0 saturated heterocycles. The van der Waals surface area contributed by atoms with E-state index in [0.29, 0.717) is 5.56 Å². The molecule has 0 unspecified atom stereocenters. The maximum atomic E-state index is 8.88. The third-order valence-electron chi connectivity index (χ3n) is 2.42. The van der Waals surface area contributed by atoms with Gasteiger partial charge in [-0.1, -0.05) is 6.07 Å². The molecule has 0 spiro atoms. The summed E-state index contributed by atoms with van der Waals surface area (Å²) in [7, 11) is 1.92. The molecule has 0 saturated carbocycles. The van der Waals surface area contributed by atoms with Gasteiger partial charge in [-0.05, 0) is 46.3 Å². The average Bonchev–Trinajstić information content (AvgIpc) is 2.38. The van der Waals surface area contributed by atoms with Gasteiger partial charge >= 0.3 is 0 Å². The van der Waals surface area contributed by atoms with Gasteiger partial charge in [0.2, 0.25) is 0 Å². The Bertz CT molecular complexity index is 575. The van der Waals surface area contributed by atoms with Crippen LogP contribution in [0.15, 0.2) is 47.1 Å². The fourth-order valence-electron chi connectivity index (χ4n) is 1.53. The molecule has 0 aliphatic carbocycles. The molecule has 0 atom stereocenters. The molecule has 0 radical (unpaired) electrons. The highest BCUT2D eigenvalue weighted by Crippen LogP contribution is 2.28. The van der Waals surface area contributed by atoms with Crippen molar-refractivity contribution in [3.63, 3.8) is 0 Å². The highest BCUT2D eigenvalue weighted by Gasteiger charge is 2.08. The highest BCUT2D eigenvalue weighted by molar-refractivity contribution is 9.10. The number of halogens is 1. The molecule has 0 amide bonds. The first kappa shape index (κ1) is 11.6. The molecule has 4 heteroatoms. The molecule has 0 bridgehead atoms. The molecule has 1 aromatic carbocycles. The summed E-state index contributed by atoms with van der Waals surface area (Å²) in [5.74, 6) is 0.822. The molecule has 1 heterocycles. The Morgan fingerprint density at radius 2 is 2.12 bits per heavy atom. The van der Waals surface area contributed by atoms with Crippen LogP contribution in [0.25, 0.3) is 0 Å². The minimum atomic E-state index is 0.640. The second kappa shape index (κ2) is 4.98. The molecule has 17 heavy (non-hydrogen) atoms. The number of nitriles is 1. The Labute approximate surface area is 108 Å². The van der Waals surface area contributed by atoms with E-state index < -0.39 is 0 Å². The zero-order valence-electron chi connectivity index (χ0n) is 9.26. The molecule has 0 aliphatic heterocycles. The Morgan fingerprint density at radius 3 is 2.82 bits per heavy atom. The van der Waals surface area contributed by atoms with E-state index >= 15 is 0 Å². The number of hydrogen-bond acceptors (Lipinski definition) is 3. The fraction of sp³-hybridized carbons (Fsp3) is 0.0769. The summed E-state index contributed by atoms with van der Waals surface area (Å²) in [5.41, 5.74) is 1.57. The van der Waals surface area contributed by atoms with Gasteiger partial charge in [0.1, 0.15) is 5.82 Å². The molecule has 0 aliphatic rings. The molecule has 84 valence electrons. The van der Waals surface area contributed by atoms with E-state index in [1.807, 2.05) is 42.3 Å². The van der Waals surface area contributed by atoms with Crippen LogP contribution in [0, 0.1) is 11.3 Å². The van der Waals surface area contributed by atoms with Gasteiger partial charge in [-0.25, -0.2) is 4.98 Å². The Kier molecular flexibility index (Phi) is 3.40. The van der Waals surface area contributed by atoms with Crippen LogP contribution >= 0.6 is 15.9 Å². The van der Waals surface area contributed by atoms with Crippen LogP contribution < -0.4 is 4.90 Å². The Hall–Kier alpha value is -1.86. The lowest BCUT2D eigenvalue weighted by atomic mass is 10.2. The van der Waals surface area contributed by atoms with Crippen LogP contribution in [-0.2, 0) is 0 Å². The predicted molar refractivity (Wildman–Crippen MR) is 71.2 cm³/mol. The fourth-order valence-corrected chi connectivity index (χ4v) is 2.05. The maximum absolute atomic E-state index is 8.88. The van der Waals surface area contributed by atoms with Crippen LogP contribution in [-0.4, -0.2) is 12.0 Å². The van der Waals surface area contributed by atoms with E-state index in [1.165, 1.54) is 0 Å². The van der Waals surface area contributed by atoms with Crippen molar-refractivity contribution in [3.8, 4) is 6.07 Å². The first-order chi connectivity index (χ1) is 8.22. The molecule has 2 aromatic rings. The normalized spacial score (nSPS) is 9.71. The Balaban J connectivity index is 2.41. The number of benzene rings is 1. The van der Waals surface area contributed by atoms with Crippen molar-refractivity contribution in [3.05, 3.63) is 52.6 Å². The summed E-state index contributed by atoms with van der Waals surface area (Å²) >= 11 is 3.46. The Morgan fingerprint density at radius 1 is 1.29 bits per heavy atom. The number of rotatable bonds is 2. The minimum Gasteiger partial charge on any atom is -0.329 e. The largest absolute Gasteiger partial charge is 0.329 e. The van der Waals surface area contributed by atoms with Crippen molar-refractivity contribution in [2.75, 3.05) is 11.9 Å². The van der Waals surface area contributed by atoms with E-state index in [-0.39, 0.29) is 0 Å². The van der Waals surface area contributed by atoms with E-state index in [4.69, 9.17) is 5.26 Å². The summed E-state index contributed by atoms with van der Waals surface area (Å²) in [6.07, 6.45) is 1.74. The molecule has 2 rings (SSSR count). The van der Waals surface area contributed by atoms with Gasteiger partial charge in [-0.15, -0.1) is 0 Å². The van der Waals surface area contributed by atoms with Gasteiger partial charge in [-0.3, -0.25) is 0 Å². The van der Waals surface area contributed by atoms with Gasteiger partial charge in [0.05, 0.1) is 16.1 Å². The van der Waals surface area contributed by atoms with Crippen LogP contribution in [0.4, 0.5) is 11.5 Å². The van der Waals surface area contributed by atoms with E-state index in [0.717, 1.165) is 16.0 Å². The number of aromatic nitrogens is 1. The topological polar surface area (TPSA) is 39.9 Å². The number of nitrogens with zero attached hydrogens (tertiary/aromatic N) is 3. The second-order valence-corrected chi connectivity index (χ2v) is 4.38. The van der Waals surface area contributed by atoms with Crippen molar-refractivity contribution in [2.24, 2.45) is 0 Å². The SMILES string of the molecule is CN(c1cccc(C#N)c1)c1ncccc1Br. The van der Waals surface area contributed by atoms with E-state index in [1.54, 1.807) is 12.3 Å². The van der Waals surface area contributed by atoms with Gasteiger partial charge in [0.15, 0.2) is 0 Å². The molecular weight excluding hydrogens is 278 g/mol. The molecule has 0 N–H and O–H groups in total. The van der Waals surface area contributed by atoms with Crippen LogP contribution in [0.5, 0.6) is 0 Å². The summed E-state index contributed by atoms with van der Waals surface area (Å²) in [6.45, 7) is 0. The molecule has 3 nitrogen and oxygen atoms in total. The predicted octanol–water partition coefficient (Wildman–Crippen LogP) is 3.48. The lowest BCUT2D eigenvalue weighted by Crippen LogP contribution is -2.11. The summed E-state index contributed by atoms with van der Waals surface area (Å²) < 4.78 is 0.921. The zero-order chi connectivity index (χ0) is 12.3. The van der Waals surface area contributed by atoms with Crippen molar-refractivity contribution in [2.45, 2.75) is 0 Å². The molecular formula is C13H10BrN3. The van der Waals surface area contributed by atoms with Gasteiger partial charge < -0.3 is 4.90 Å². The molecule has 1 aromatic heterocycles. The summed E-state index contributed by atoms with van der Waals surface area (Å²) in [4.78, 5) is 6.24. The average molecular weight is 288 g/mol. The lowest BCUT2D eigenvalue weighted by Gasteiger charge is -2.19.